The number of rotatable bonds is 7. The number of anilines is 1. The van der Waals surface area contributed by atoms with E-state index in [-0.39, 0.29) is 30.6 Å². The number of aromatic nitrogens is 2. The van der Waals surface area contributed by atoms with Gasteiger partial charge in [-0.3, -0.25) is 9.78 Å². The van der Waals surface area contributed by atoms with Gasteiger partial charge in [0.05, 0.1) is 23.9 Å². The number of para-hydroxylation sites is 1. The zero-order chi connectivity index (χ0) is 22.6. The zero-order valence-electron chi connectivity index (χ0n) is 18.3. The molecule has 0 radical (unpaired) electrons. The molecule has 2 aliphatic rings. The molecule has 33 heavy (non-hydrogen) atoms. The predicted molar refractivity (Wildman–Crippen MR) is 131 cm³/mol. The van der Waals surface area contributed by atoms with Gasteiger partial charge in [-0.15, -0.1) is 0 Å². The first-order valence-electron chi connectivity index (χ1n) is 11.3. The van der Waals surface area contributed by atoms with E-state index in [1.54, 1.807) is 6.20 Å². The number of carbonyl (C=O) groups excluding carboxylic acids is 1. The van der Waals surface area contributed by atoms with E-state index in [9.17, 15) is 4.79 Å². The van der Waals surface area contributed by atoms with Crippen LogP contribution in [0.4, 0.5) is 5.69 Å². The second kappa shape index (κ2) is 9.72. The molecule has 2 saturated heterocycles. The zero-order valence-corrected chi connectivity index (χ0v) is 19.1. The molecule has 0 aliphatic carbocycles. The number of nitrogens with one attached hydrogen (secondary N) is 2. The molecule has 0 spiro atoms. The normalized spacial score (nSPS) is 22.4. The highest BCUT2D eigenvalue weighted by Crippen LogP contribution is 2.39. The maximum atomic E-state index is 13.0. The van der Waals surface area contributed by atoms with Gasteiger partial charge in [0.25, 0.3) is 0 Å². The lowest BCUT2D eigenvalue weighted by atomic mass is 10.0. The summed E-state index contributed by atoms with van der Waals surface area (Å²) < 4.78 is 8.11. The largest absolute Gasteiger partial charge is 0.376 e. The molecule has 3 atom stereocenters. The number of benzene rings is 1. The van der Waals surface area contributed by atoms with E-state index in [4.69, 9.17) is 17.0 Å². The van der Waals surface area contributed by atoms with Gasteiger partial charge in [-0.1, -0.05) is 24.3 Å². The van der Waals surface area contributed by atoms with Crippen LogP contribution in [0.15, 0.2) is 73.1 Å². The smallest absolute Gasteiger partial charge is 0.244 e. The van der Waals surface area contributed by atoms with Gasteiger partial charge in [-0.25, -0.2) is 0 Å². The summed E-state index contributed by atoms with van der Waals surface area (Å²) in [7, 11) is 0. The van der Waals surface area contributed by atoms with Crippen LogP contribution in [-0.4, -0.2) is 44.7 Å². The Kier molecular flexibility index (Phi) is 6.37. The third-order valence-electron chi connectivity index (χ3n) is 6.16. The first-order chi connectivity index (χ1) is 16.2. The minimum absolute atomic E-state index is 0.116. The predicted octanol–water partition coefficient (Wildman–Crippen LogP) is 3.67. The summed E-state index contributed by atoms with van der Waals surface area (Å²) in [6, 6.07) is 19.1. The number of ether oxygens (including phenoxy) is 1. The highest BCUT2D eigenvalue weighted by Gasteiger charge is 2.42. The average molecular weight is 462 g/mol. The van der Waals surface area contributed by atoms with Crippen molar-refractivity contribution in [2.24, 2.45) is 0 Å². The van der Waals surface area contributed by atoms with Crippen molar-refractivity contribution in [1.29, 1.82) is 0 Å². The van der Waals surface area contributed by atoms with Gasteiger partial charge >= 0.3 is 0 Å². The number of pyridine rings is 1. The lowest BCUT2D eigenvalue weighted by Gasteiger charge is -2.29. The van der Waals surface area contributed by atoms with E-state index in [1.807, 2.05) is 59.5 Å². The number of amides is 1. The molecule has 3 aromatic rings. The third-order valence-corrected chi connectivity index (χ3v) is 6.51. The first kappa shape index (κ1) is 21.6. The standard InChI is InChI=1S/C25H27N5O2S/c31-22(27-18-8-2-1-3-9-18)17-30-24(23(28-25(30)33)20-11-4-5-13-26-20)21-12-6-14-29(21)16-19-10-7-15-32-19/h1-6,8-9,11-14,19,23-24H,7,10,15-17H2,(H,27,31)(H,28,33)/t19-,23-,24-/m1/s1. The monoisotopic (exact) mass is 461 g/mol. The fraction of sp³-hybridized carbons (Fsp3) is 0.320. The van der Waals surface area contributed by atoms with Crippen LogP contribution in [0, 0.1) is 0 Å². The summed E-state index contributed by atoms with van der Waals surface area (Å²) in [6.07, 6.45) is 6.23. The Morgan fingerprint density at radius 2 is 2.00 bits per heavy atom. The van der Waals surface area contributed by atoms with Gasteiger partial charge in [-0.05, 0) is 61.5 Å². The molecular weight excluding hydrogens is 434 g/mol. The Morgan fingerprint density at radius 1 is 1.15 bits per heavy atom. The molecule has 2 N–H and O–H groups in total. The summed E-state index contributed by atoms with van der Waals surface area (Å²) in [5, 5.41) is 6.94. The molecule has 2 fully saturated rings. The van der Waals surface area contributed by atoms with Crippen molar-refractivity contribution in [1.82, 2.24) is 19.8 Å². The van der Waals surface area contributed by atoms with Crippen LogP contribution < -0.4 is 10.6 Å². The van der Waals surface area contributed by atoms with Crippen molar-refractivity contribution < 1.29 is 9.53 Å². The van der Waals surface area contributed by atoms with Crippen LogP contribution in [0.2, 0.25) is 0 Å². The molecule has 1 amide bonds. The van der Waals surface area contributed by atoms with Gasteiger partial charge in [0, 0.05) is 36.9 Å². The summed E-state index contributed by atoms with van der Waals surface area (Å²) in [6.45, 7) is 1.74. The fourth-order valence-corrected chi connectivity index (χ4v) is 4.95. The Balaban J connectivity index is 1.44. The topological polar surface area (TPSA) is 71.4 Å². The maximum absolute atomic E-state index is 13.0. The van der Waals surface area contributed by atoms with E-state index in [1.165, 1.54) is 0 Å². The molecule has 4 heterocycles. The van der Waals surface area contributed by atoms with Crippen molar-refractivity contribution >= 4 is 28.9 Å². The minimum atomic E-state index is -0.176. The van der Waals surface area contributed by atoms with Gasteiger partial charge in [0.2, 0.25) is 5.91 Å². The molecule has 8 heteroatoms. The van der Waals surface area contributed by atoms with Crippen LogP contribution in [0.5, 0.6) is 0 Å². The third kappa shape index (κ3) is 4.77. The highest BCUT2D eigenvalue weighted by atomic mass is 32.1. The summed E-state index contributed by atoms with van der Waals surface area (Å²) in [4.78, 5) is 19.5. The lowest BCUT2D eigenvalue weighted by molar-refractivity contribution is -0.116. The van der Waals surface area contributed by atoms with E-state index in [2.05, 4.69) is 32.4 Å². The molecule has 1 aromatic carbocycles. The molecule has 2 aliphatic heterocycles. The number of nitrogens with zero attached hydrogens (tertiary/aromatic N) is 3. The van der Waals surface area contributed by atoms with Crippen molar-refractivity contribution in [2.45, 2.75) is 37.6 Å². The highest BCUT2D eigenvalue weighted by molar-refractivity contribution is 7.80. The first-order valence-corrected chi connectivity index (χ1v) is 11.7. The SMILES string of the molecule is O=C(CN1C(=S)N[C@H](c2ccccn2)[C@H]1c1cccn1C[C@H]1CCCO1)Nc1ccccc1. The van der Waals surface area contributed by atoms with Crippen LogP contribution in [0.3, 0.4) is 0 Å². The second-order valence-electron chi connectivity index (χ2n) is 8.39. The molecule has 7 nitrogen and oxygen atoms in total. The van der Waals surface area contributed by atoms with E-state index in [0.29, 0.717) is 5.11 Å². The van der Waals surface area contributed by atoms with E-state index in [0.717, 1.165) is 43.1 Å². The summed E-state index contributed by atoms with van der Waals surface area (Å²) in [5.74, 6) is -0.116. The van der Waals surface area contributed by atoms with Crippen molar-refractivity contribution in [2.75, 3.05) is 18.5 Å². The molecule has 0 bridgehead atoms. The van der Waals surface area contributed by atoms with Gasteiger partial charge in [-0.2, -0.15) is 0 Å². The fourth-order valence-electron chi connectivity index (χ4n) is 4.64. The Bertz CT molecular complexity index is 1100. The Hall–Kier alpha value is -3.23. The van der Waals surface area contributed by atoms with Crippen LogP contribution in [0.25, 0.3) is 0 Å². The number of carbonyl (C=O) groups is 1. The molecule has 2 aromatic heterocycles. The van der Waals surface area contributed by atoms with Crippen molar-refractivity contribution in [3.63, 3.8) is 0 Å². The number of hydrogen-bond donors (Lipinski definition) is 2. The quantitative estimate of drug-likeness (QED) is 0.523. The Labute approximate surface area is 198 Å². The molecular formula is C25H27N5O2S. The molecule has 0 unspecified atom stereocenters. The van der Waals surface area contributed by atoms with Crippen LogP contribution in [-0.2, 0) is 16.1 Å². The minimum Gasteiger partial charge on any atom is -0.376 e. The number of hydrogen-bond acceptors (Lipinski definition) is 4. The summed E-state index contributed by atoms with van der Waals surface area (Å²) in [5.41, 5.74) is 2.74. The lowest BCUT2D eigenvalue weighted by Crippen LogP contribution is -2.37. The van der Waals surface area contributed by atoms with E-state index >= 15 is 0 Å². The summed E-state index contributed by atoms with van der Waals surface area (Å²) >= 11 is 5.71. The molecule has 5 rings (SSSR count). The molecule has 0 saturated carbocycles. The van der Waals surface area contributed by atoms with Gasteiger partial charge in [0.15, 0.2) is 5.11 Å². The van der Waals surface area contributed by atoms with Crippen LogP contribution >= 0.6 is 12.2 Å². The average Bonchev–Trinajstić information content (AvgIpc) is 3.57. The van der Waals surface area contributed by atoms with Gasteiger partial charge < -0.3 is 24.8 Å². The Morgan fingerprint density at radius 3 is 2.76 bits per heavy atom. The number of thiocarbonyl (C=S) groups is 1. The van der Waals surface area contributed by atoms with Crippen molar-refractivity contribution in [3.05, 3.63) is 84.4 Å². The van der Waals surface area contributed by atoms with E-state index < -0.39 is 0 Å². The molecule has 170 valence electrons. The van der Waals surface area contributed by atoms with Crippen LogP contribution in [0.1, 0.15) is 36.3 Å². The van der Waals surface area contributed by atoms with Crippen molar-refractivity contribution in [3.8, 4) is 0 Å². The van der Waals surface area contributed by atoms with Gasteiger partial charge in [0.1, 0.15) is 6.54 Å². The second-order valence-corrected chi connectivity index (χ2v) is 8.78. The maximum Gasteiger partial charge on any atom is 0.244 e.